The van der Waals surface area contributed by atoms with Gasteiger partial charge in [-0.2, -0.15) is 0 Å². The van der Waals surface area contributed by atoms with Crippen molar-refractivity contribution in [1.29, 1.82) is 0 Å². The predicted octanol–water partition coefficient (Wildman–Crippen LogP) is 0.757. The van der Waals surface area contributed by atoms with Crippen molar-refractivity contribution in [3.63, 3.8) is 0 Å². The molecule has 6 heteroatoms. The Kier molecular flexibility index (Phi) is 3.49. The lowest BCUT2D eigenvalue weighted by atomic mass is 9.45. The first kappa shape index (κ1) is 18.2. The zero-order valence-electron chi connectivity index (χ0n) is 16.7. The molecule has 5 aliphatic rings. The van der Waals surface area contributed by atoms with E-state index >= 15 is 0 Å². The van der Waals surface area contributed by atoms with Crippen LogP contribution in [0, 0.1) is 11.3 Å². The molecule has 6 atom stereocenters. The first-order valence-corrected chi connectivity index (χ1v) is 10.1. The highest BCUT2D eigenvalue weighted by atomic mass is 16.5. The molecule has 3 saturated heterocycles. The summed E-state index contributed by atoms with van der Waals surface area (Å²) >= 11 is 0. The third-order valence-corrected chi connectivity index (χ3v) is 8.62. The second-order valence-corrected chi connectivity index (χ2v) is 9.14. The zero-order chi connectivity index (χ0) is 19.9. The molecule has 1 spiro atoms. The average Bonchev–Trinajstić information content (AvgIpc) is 3.12. The van der Waals surface area contributed by atoms with Crippen molar-refractivity contribution in [3.8, 4) is 0 Å². The number of anilines is 1. The van der Waals surface area contributed by atoms with E-state index in [1.165, 1.54) is 7.11 Å². The molecule has 4 fully saturated rings. The number of benzene rings is 1. The van der Waals surface area contributed by atoms with Crippen molar-refractivity contribution < 1.29 is 24.2 Å². The fraction of sp³-hybridized carbons (Fsp3) is 0.591. The molecule has 1 aromatic rings. The van der Waals surface area contributed by atoms with Gasteiger partial charge in [0.2, 0.25) is 5.66 Å². The van der Waals surface area contributed by atoms with E-state index in [1.807, 2.05) is 37.3 Å². The van der Waals surface area contributed by atoms with Gasteiger partial charge in [0.25, 0.3) is 0 Å². The number of aliphatic hydroxyl groups excluding tert-OH is 1. The van der Waals surface area contributed by atoms with Crippen molar-refractivity contribution in [2.75, 3.05) is 39.2 Å². The quantitative estimate of drug-likeness (QED) is 0.447. The summed E-state index contributed by atoms with van der Waals surface area (Å²) in [6, 6.07) is 7.95. The zero-order valence-corrected chi connectivity index (χ0v) is 16.7. The Hall–Kier alpha value is -1.89. The Labute approximate surface area is 165 Å². The van der Waals surface area contributed by atoms with Gasteiger partial charge >= 0.3 is 5.97 Å². The van der Waals surface area contributed by atoms with Crippen LogP contribution in [0.25, 0.3) is 0 Å². The number of nitrogens with one attached hydrogen (secondary N) is 1. The van der Waals surface area contributed by atoms with Crippen LogP contribution >= 0.6 is 0 Å². The minimum absolute atomic E-state index is 0.321. The molecule has 6 rings (SSSR count). The molecular formula is C22H28N2O4. The third kappa shape index (κ3) is 1.52. The largest absolute Gasteiger partial charge is 0.854 e. The van der Waals surface area contributed by atoms with E-state index in [0.29, 0.717) is 17.3 Å². The number of fused-ring (bicyclic) bond motifs is 3. The first-order valence-electron chi connectivity index (χ1n) is 10.1. The lowest BCUT2D eigenvalue weighted by Gasteiger charge is -2.60. The van der Waals surface area contributed by atoms with E-state index in [2.05, 4.69) is 12.4 Å². The van der Waals surface area contributed by atoms with Crippen molar-refractivity contribution in [1.82, 2.24) is 0 Å². The Morgan fingerprint density at radius 3 is 2.89 bits per heavy atom. The smallest absolute Gasteiger partial charge is 0.312 e. The van der Waals surface area contributed by atoms with Crippen molar-refractivity contribution in [2.45, 2.75) is 36.9 Å². The van der Waals surface area contributed by atoms with Crippen LogP contribution in [0.4, 0.5) is 5.69 Å². The summed E-state index contributed by atoms with van der Waals surface area (Å²) in [6.45, 7) is 2.94. The molecule has 28 heavy (non-hydrogen) atoms. The number of para-hydroxylation sites is 1. The highest BCUT2D eigenvalue weighted by molar-refractivity contribution is 5.85. The Balaban J connectivity index is 1.96. The highest BCUT2D eigenvalue weighted by Gasteiger charge is 2.87. The highest BCUT2D eigenvalue weighted by Crippen LogP contribution is 2.73. The van der Waals surface area contributed by atoms with Crippen LogP contribution in [0.1, 0.15) is 25.3 Å². The lowest BCUT2D eigenvalue weighted by molar-refractivity contribution is -0.944. The van der Waals surface area contributed by atoms with Gasteiger partial charge in [-0.3, -0.25) is 9.28 Å². The maximum Gasteiger partial charge on any atom is 0.312 e. The number of carbonyl (C=O) groups is 1. The van der Waals surface area contributed by atoms with Gasteiger partial charge in [0.1, 0.15) is 12.6 Å². The SMILES string of the molecule is C/C=C1/C[N+]2(C)CC[C@@]34c5ccccc5N[C@]32[C@@H](O)C[C@@H]1C4(C[O-])C(=O)OC. The number of hydrogen-bond donors (Lipinski definition) is 2. The van der Waals surface area contributed by atoms with Gasteiger partial charge in [-0.05, 0) is 30.5 Å². The average molecular weight is 384 g/mol. The summed E-state index contributed by atoms with van der Waals surface area (Å²) < 4.78 is 5.92. The number of carbonyl (C=O) groups excluding carboxylic acids is 1. The van der Waals surface area contributed by atoms with Crippen LogP contribution in [0.15, 0.2) is 35.9 Å². The monoisotopic (exact) mass is 384 g/mol. The summed E-state index contributed by atoms with van der Waals surface area (Å²) in [5.74, 6) is -0.754. The second-order valence-electron chi connectivity index (χ2n) is 9.14. The minimum Gasteiger partial charge on any atom is -0.854 e. The third-order valence-electron chi connectivity index (χ3n) is 8.62. The van der Waals surface area contributed by atoms with Gasteiger partial charge in [0.15, 0.2) is 0 Å². The fourth-order valence-corrected chi connectivity index (χ4v) is 7.68. The summed E-state index contributed by atoms with van der Waals surface area (Å²) in [5.41, 5.74) is 0.155. The van der Waals surface area contributed by atoms with Gasteiger partial charge in [-0.15, -0.1) is 6.61 Å². The summed E-state index contributed by atoms with van der Waals surface area (Å²) in [5, 5.41) is 28.4. The number of hydrogen-bond acceptors (Lipinski definition) is 5. The summed E-state index contributed by atoms with van der Waals surface area (Å²) in [4.78, 5) is 13.5. The molecule has 0 radical (unpaired) electrons. The maximum absolute atomic E-state index is 13.5. The number of rotatable bonds is 2. The molecule has 1 aliphatic carbocycles. The molecule has 4 bridgehead atoms. The number of nitrogens with zero attached hydrogens (tertiary/aromatic N) is 1. The van der Waals surface area contributed by atoms with E-state index in [9.17, 15) is 15.0 Å². The molecule has 4 heterocycles. The Morgan fingerprint density at radius 2 is 2.21 bits per heavy atom. The number of allylic oxidation sites excluding steroid dienone is 1. The molecule has 0 amide bonds. The van der Waals surface area contributed by atoms with Gasteiger partial charge < -0.3 is 20.3 Å². The minimum atomic E-state index is -1.24. The molecule has 2 N–H and O–H groups in total. The van der Waals surface area contributed by atoms with Gasteiger partial charge in [-0.1, -0.05) is 24.3 Å². The van der Waals surface area contributed by atoms with Gasteiger partial charge in [0, 0.05) is 18.0 Å². The lowest BCUT2D eigenvalue weighted by Crippen LogP contribution is -2.79. The fourth-order valence-electron chi connectivity index (χ4n) is 7.68. The van der Waals surface area contributed by atoms with Crippen molar-refractivity contribution >= 4 is 11.7 Å². The van der Waals surface area contributed by atoms with Gasteiger partial charge in [-0.25, -0.2) is 0 Å². The van der Waals surface area contributed by atoms with E-state index in [0.717, 1.165) is 29.9 Å². The van der Waals surface area contributed by atoms with E-state index in [4.69, 9.17) is 4.74 Å². The molecule has 6 nitrogen and oxygen atoms in total. The molecule has 2 unspecified atom stereocenters. The number of likely N-dealkylation sites (N-methyl/N-ethyl adjacent to an activating group) is 1. The predicted molar refractivity (Wildman–Crippen MR) is 102 cm³/mol. The van der Waals surface area contributed by atoms with Crippen LogP contribution in [0.3, 0.4) is 0 Å². The molecule has 4 aliphatic heterocycles. The van der Waals surface area contributed by atoms with Crippen LogP contribution in [0.5, 0.6) is 0 Å². The van der Waals surface area contributed by atoms with Crippen molar-refractivity contribution in [2.24, 2.45) is 11.3 Å². The number of ether oxygens (including phenoxy) is 1. The number of aliphatic hydroxyl groups is 1. The topological polar surface area (TPSA) is 81.6 Å². The van der Waals surface area contributed by atoms with E-state index < -0.39 is 35.2 Å². The number of methoxy groups -OCH3 is 1. The standard InChI is InChI=1S/C22H28N2O4/c1-4-14-12-24(2)10-9-21-15-7-5-6-8-17(15)23-22(21,24)18(26)11-16(14)20(21,13-25)19(27)28-3/h4-8,16,18,23,26H,9-13H2,1-3H3/b14-4-/t16-,18-,20?,21-,22-,24?/m0/s1. The molecule has 1 saturated carbocycles. The van der Waals surface area contributed by atoms with Crippen LogP contribution < -0.4 is 10.4 Å². The van der Waals surface area contributed by atoms with Crippen LogP contribution in [-0.2, 0) is 14.9 Å². The second kappa shape index (κ2) is 5.38. The maximum atomic E-state index is 13.5. The number of esters is 1. The first-order chi connectivity index (χ1) is 13.4. The van der Waals surface area contributed by atoms with Crippen molar-refractivity contribution in [3.05, 3.63) is 41.5 Å². The Bertz CT molecular complexity index is 900. The molecule has 0 aromatic heterocycles. The number of quaternary nitrogens is 1. The normalized spacial score (nSPS) is 46.7. The molecule has 1 aromatic carbocycles. The van der Waals surface area contributed by atoms with Gasteiger partial charge in [0.05, 0.1) is 31.5 Å². The summed E-state index contributed by atoms with van der Waals surface area (Å²) in [6.07, 6.45) is 2.45. The van der Waals surface area contributed by atoms with E-state index in [-0.39, 0.29) is 5.92 Å². The molecule has 150 valence electrons. The summed E-state index contributed by atoms with van der Waals surface area (Å²) in [7, 11) is 3.54. The van der Waals surface area contributed by atoms with Crippen LogP contribution in [0.2, 0.25) is 0 Å². The Morgan fingerprint density at radius 1 is 1.46 bits per heavy atom. The van der Waals surface area contributed by atoms with Crippen LogP contribution in [-0.4, -0.2) is 61.2 Å². The van der Waals surface area contributed by atoms with E-state index in [1.54, 1.807) is 0 Å². The molecular weight excluding hydrogens is 356 g/mol.